The van der Waals surface area contributed by atoms with E-state index in [9.17, 15) is 7.16 Å². The second-order valence-corrected chi connectivity index (χ2v) is 0.196. The molecule has 0 aromatic heterocycles. The first kappa shape index (κ1) is 8.86. The standard InChI is InChI=1S/2Co.2FH/h;;2*1H/q;+2;;/p-2. The van der Waals surface area contributed by atoms with Crippen LogP contribution in [0.2, 0.25) is 0 Å². The zero-order valence-corrected chi connectivity index (χ0v) is 3.50. The Kier molecular flexibility index (Phi) is 20.2. The van der Waals surface area contributed by atoms with Gasteiger partial charge in [0.15, 0.2) is 0 Å². The third-order valence-electron chi connectivity index (χ3n) is 0. The van der Waals surface area contributed by atoms with E-state index in [1.807, 2.05) is 0 Å². The summed E-state index contributed by atoms with van der Waals surface area (Å²) < 4.78 is 19.2. The van der Waals surface area contributed by atoms with E-state index < -0.39 is 15.6 Å². The van der Waals surface area contributed by atoms with Crippen LogP contribution in [0.5, 0.6) is 0 Å². The number of halogens is 2. The van der Waals surface area contributed by atoms with Crippen LogP contribution in [0.4, 0.5) is 7.16 Å². The van der Waals surface area contributed by atoms with Crippen molar-refractivity contribution in [1.29, 1.82) is 0 Å². The molecule has 0 aromatic rings. The van der Waals surface area contributed by atoms with Gasteiger partial charge in [0.25, 0.3) is 0 Å². The fourth-order valence-corrected chi connectivity index (χ4v) is 0. The molecule has 0 N–H and O–H groups in total. The van der Waals surface area contributed by atoms with Crippen LogP contribution in [0.1, 0.15) is 0 Å². The van der Waals surface area contributed by atoms with Crippen molar-refractivity contribution in [3.05, 3.63) is 0 Å². The van der Waals surface area contributed by atoms with Gasteiger partial charge in [-0.1, -0.05) is 0 Å². The van der Waals surface area contributed by atoms with Crippen LogP contribution in [0, 0.1) is 0 Å². The molecule has 0 bridgehead atoms. The topological polar surface area (TPSA) is 0 Å². The van der Waals surface area contributed by atoms with E-state index in [-0.39, 0.29) is 16.8 Å². The third kappa shape index (κ3) is 13.2. The van der Waals surface area contributed by atoms with Crippen molar-refractivity contribution in [3.8, 4) is 0 Å². The maximum absolute atomic E-state index is 9.59. The quantitative estimate of drug-likeness (QED) is 0.487. The van der Waals surface area contributed by atoms with Crippen LogP contribution < -0.4 is 0 Å². The van der Waals surface area contributed by atoms with E-state index >= 15 is 0 Å². The Balaban J connectivity index is 0. The normalized spacial score (nSPS) is 5.50. The number of hydrogen-bond acceptors (Lipinski definition) is 0. The van der Waals surface area contributed by atoms with Gasteiger partial charge < -0.3 is 0 Å². The van der Waals surface area contributed by atoms with Gasteiger partial charge in [-0.05, 0) is 0 Å². The molecule has 0 nitrogen and oxygen atoms in total. The van der Waals surface area contributed by atoms with Crippen molar-refractivity contribution in [2.24, 2.45) is 0 Å². The summed E-state index contributed by atoms with van der Waals surface area (Å²) in [5.41, 5.74) is 0. The molecule has 0 rings (SSSR count). The molecule has 0 heterocycles. The van der Waals surface area contributed by atoms with Crippen LogP contribution in [0.15, 0.2) is 0 Å². The first-order chi connectivity index (χ1) is 1.41. The van der Waals surface area contributed by atoms with Gasteiger partial charge in [-0.25, -0.2) is 0 Å². The van der Waals surface area contributed by atoms with Gasteiger partial charge in [-0.2, -0.15) is 0 Å². The molecule has 1 radical (unpaired) electrons. The summed E-state index contributed by atoms with van der Waals surface area (Å²) >= 11 is -1.56. The maximum atomic E-state index is 9.59. The molecule has 32 valence electrons. The molecule has 0 aliphatic carbocycles. The monoisotopic (exact) mass is 156 g/mol. The first-order valence-electron chi connectivity index (χ1n) is 0.252. The van der Waals surface area contributed by atoms with Crippen molar-refractivity contribution in [3.63, 3.8) is 0 Å². The van der Waals surface area contributed by atoms with Crippen LogP contribution in [0.25, 0.3) is 0 Å². The predicted molar refractivity (Wildman–Crippen MR) is 2.22 cm³/mol. The molecule has 0 aliphatic heterocycles. The molecule has 0 saturated heterocycles. The molecule has 0 amide bonds. The second kappa shape index (κ2) is 9.11. The second-order valence-electron chi connectivity index (χ2n) is 0.0476. The Labute approximate surface area is 40.0 Å². The molecule has 0 saturated carbocycles. The van der Waals surface area contributed by atoms with Gasteiger partial charge in [-0.3, -0.25) is 0 Å². The SMILES string of the molecule is [Co].[F][Co][F]. The van der Waals surface area contributed by atoms with E-state index in [1.165, 1.54) is 0 Å². The molecule has 0 aromatic carbocycles. The van der Waals surface area contributed by atoms with Gasteiger partial charge in [0, 0.05) is 16.8 Å². The number of rotatable bonds is 0. The van der Waals surface area contributed by atoms with Gasteiger partial charge in [0.2, 0.25) is 0 Å². The van der Waals surface area contributed by atoms with Crippen molar-refractivity contribution in [2.75, 3.05) is 0 Å². The third-order valence-corrected chi connectivity index (χ3v) is 0. The summed E-state index contributed by atoms with van der Waals surface area (Å²) in [7, 11) is 0. The molecule has 4 heteroatoms. The van der Waals surface area contributed by atoms with E-state index in [1.54, 1.807) is 0 Å². The molecule has 0 spiro atoms. The summed E-state index contributed by atoms with van der Waals surface area (Å²) in [5.74, 6) is 0. The van der Waals surface area contributed by atoms with Crippen molar-refractivity contribution in [2.45, 2.75) is 0 Å². The van der Waals surface area contributed by atoms with E-state index in [0.717, 1.165) is 0 Å². The van der Waals surface area contributed by atoms with Crippen LogP contribution >= 0.6 is 0 Å². The van der Waals surface area contributed by atoms with E-state index in [4.69, 9.17) is 0 Å². The van der Waals surface area contributed by atoms with Crippen molar-refractivity contribution in [1.82, 2.24) is 0 Å². The van der Waals surface area contributed by atoms with Crippen LogP contribution in [0.3, 0.4) is 0 Å². The minimum atomic E-state index is -1.56. The Morgan fingerprint density at radius 1 is 1.25 bits per heavy atom. The Morgan fingerprint density at radius 3 is 1.25 bits per heavy atom. The van der Waals surface area contributed by atoms with E-state index in [2.05, 4.69) is 0 Å². The fraction of sp³-hybridized carbons (Fsp3) is 0. The first-order valence-corrected chi connectivity index (χ1v) is 1.04. The van der Waals surface area contributed by atoms with Gasteiger partial charge in [-0.15, -0.1) is 0 Å². The van der Waals surface area contributed by atoms with Crippen molar-refractivity contribution < 1.29 is 39.5 Å². The summed E-state index contributed by atoms with van der Waals surface area (Å²) in [6.45, 7) is 0. The van der Waals surface area contributed by atoms with E-state index in [0.29, 0.717) is 0 Å². The Bertz CT molecular complexity index is 4.00. The molecular weight excluding hydrogens is 156 g/mol. The fourth-order valence-electron chi connectivity index (χ4n) is 0. The predicted octanol–water partition coefficient (Wildman–Crippen LogP) is 0.835. The van der Waals surface area contributed by atoms with Crippen LogP contribution in [-0.4, -0.2) is 0 Å². The van der Waals surface area contributed by atoms with Gasteiger partial charge >= 0.3 is 22.8 Å². The summed E-state index contributed by atoms with van der Waals surface area (Å²) in [5, 5.41) is 0. The average molecular weight is 156 g/mol. The molecule has 0 aliphatic rings. The van der Waals surface area contributed by atoms with Crippen molar-refractivity contribution >= 4 is 0 Å². The zero-order chi connectivity index (χ0) is 2.71. The summed E-state index contributed by atoms with van der Waals surface area (Å²) in [4.78, 5) is 0. The molecule has 0 fully saturated rings. The number of hydrogen-bond donors (Lipinski definition) is 0. The van der Waals surface area contributed by atoms with Gasteiger partial charge in [0.05, 0.1) is 0 Å². The van der Waals surface area contributed by atoms with Crippen LogP contribution in [-0.2, 0) is 32.4 Å². The Morgan fingerprint density at radius 2 is 1.25 bits per heavy atom. The molecule has 0 unspecified atom stereocenters. The summed E-state index contributed by atoms with van der Waals surface area (Å²) in [6, 6.07) is 0. The minimum absolute atomic E-state index is 0. The molecular formula is Co2F2. The summed E-state index contributed by atoms with van der Waals surface area (Å²) in [6.07, 6.45) is 0. The molecule has 0 atom stereocenters. The zero-order valence-electron chi connectivity index (χ0n) is 1.42. The van der Waals surface area contributed by atoms with Gasteiger partial charge in [0.1, 0.15) is 0 Å². The molecule has 4 heavy (non-hydrogen) atoms. The Hall–Kier alpha value is 0.873. The average Bonchev–Trinajstić information content (AvgIpc) is 0.918.